The number of carbonyl (C=O) groups excluding carboxylic acids is 1. The highest BCUT2D eigenvalue weighted by molar-refractivity contribution is 7.97. The van der Waals surface area contributed by atoms with E-state index in [0.29, 0.717) is 18.7 Å². The molecule has 126 valence electrons. The Hall–Kier alpha value is -2.54. The summed E-state index contributed by atoms with van der Waals surface area (Å²) in [5.41, 5.74) is 2.60. The van der Waals surface area contributed by atoms with E-state index in [1.807, 2.05) is 24.5 Å². The van der Waals surface area contributed by atoms with E-state index in [0.717, 1.165) is 17.0 Å². The normalized spacial score (nSPS) is 10.2. The number of anilines is 1. The number of benzene rings is 2. The fourth-order valence-electron chi connectivity index (χ4n) is 2.15. The van der Waals surface area contributed by atoms with Gasteiger partial charge in [-0.2, -0.15) is 11.8 Å². The van der Waals surface area contributed by atoms with Crippen LogP contribution in [0.25, 0.3) is 0 Å². The zero-order chi connectivity index (χ0) is 17.4. The van der Waals surface area contributed by atoms with Crippen LogP contribution in [0.1, 0.15) is 15.9 Å². The number of rotatable bonds is 8. The van der Waals surface area contributed by atoms with Crippen LogP contribution in [0, 0.1) is 10.1 Å². The lowest BCUT2D eigenvalue weighted by atomic mass is 10.1. The van der Waals surface area contributed by atoms with Crippen LogP contribution in [0.4, 0.5) is 11.4 Å². The molecule has 2 N–H and O–H groups in total. The van der Waals surface area contributed by atoms with Gasteiger partial charge in [-0.3, -0.25) is 14.9 Å². The first-order valence-corrected chi connectivity index (χ1v) is 8.84. The maximum absolute atomic E-state index is 12.1. The van der Waals surface area contributed by atoms with Gasteiger partial charge in [-0.05, 0) is 36.1 Å². The minimum Gasteiger partial charge on any atom is -0.383 e. The van der Waals surface area contributed by atoms with Crippen molar-refractivity contribution < 1.29 is 9.72 Å². The summed E-state index contributed by atoms with van der Waals surface area (Å²) in [6.45, 7) is 0.997. The summed E-state index contributed by atoms with van der Waals surface area (Å²) in [6.07, 6.45) is 2.02. The van der Waals surface area contributed by atoms with Gasteiger partial charge < -0.3 is 10.6 Å². The lowest BCUT2D eigenvalue weighted by molar-refractivity contribution is -0.384. The lowest BCUT2D eigenvalue weighted by Crippen LogP contribution is -2.28. The molecule has 0 radical (unpaired) electrons. The van der Waals surface area contributed by atoms with Crippen molar-refractivity contribution in [1.29, 1.82) is 0 Å². The van der Waals surface area contributed by atoms with Gasteiger partial charge in [-0.25, -0.2) is 0 Å². The zero-order valence-electron chi connectivity index (χ0n) is 13.3. The molecule has 0 aliphatic heterocycles. The topological polar surface area (TPSA) is 84.3 Å². The quantitative estimate of drug-likeness (QED) is 0.436. The van der Waals surface area contributed by atoms with E-state index in [-0.39, 0.29) is 11.6 Å². The summed E-state index contributed by atoms with van der Waals surface area (Å²) in [5, 5.41) is 16.5. The standard InChI is InChI=1S/C17H19N3O3S/c1-24-12-13-3-2-4-14(11-13)17(21)19-10-9-18-15-5-7-16(8-6-15)20(22)23/h2-8,11,18H,9-10,12H2,1H3,(H,19,21). The van der Waals surface area contributed by atoms with E-state index in [2.05, 4.69) is 10.6 Å². The van der Waals surface area contributed by atoms with Crippen LogP contribution in [0.3, 0.4) is 0 Å². The Bertz CT molecular complexity index is 704. The molecule has 0 saturated heterocycles. The Morgan fingerprint density at radius 3 is 2.58 bits per heavy atom. The number of nitrogens with zero attached hydrogens (tertiary/aromatic N) is 1. The molecule has 6 nitrogen and oxygen atoms in total. The second-order valence-corrected chi connectivity index (χ2v) is 5.99. The lowest BCUT2D eigenvalue weighted by Gasteiger charge is -2.09. The van der Waals surface area contributed by atoms with Gasteiger partial charge in [-0.1, -0.05) is 12.1 Å². The Balaban J connectivity index is 1.78. The van der Waals surface area contributed by atoms with Crippen molar-refractivity contribution in [2.75, 3.05) is 24.7 Å². The molecule has 0 bridgehead atoms. The fourth-order valence-corrected chi connectivity index (χ4v) is 2.67. The summed E-state index contributed by atoms with van der Waals surface area (Å²) in [4.78, 5) is 22.3. The summed E-state index contributed by atoms with van der Waals surface area (Å²) in [6, 6.07) is 13.8. The zero-order valence-corrected chi connectivity index (χ0v) is 14.1. The number of amides is 1. The van der Waals surface area contributed by atoms with Crippen LogP contribution in [0.2, 0.25) is 0 Å². The molecule has 0 saturated carbocycles. The maximum Gasteiger partial charge on any atom is 0.269 e. The highest BCUT2D eigenvalue weighted by atomic mass is 32.2. The van der Waals surface area contributed by atoms with Gasteiger partial charge in [-0.15, -0.1) is 0 Å². The molecule has 24 heavy (non-hydrogen) atoms. The molecule has 1 amide bonds. The van der Waals surface area contributed by atoms with Gasteiger partial charge in [0.25, 0.3) is 11.6 Å². The molecule has 2 rings (SSSR count). The second kappa shape index (κ2) is 8.93. The third kappa shape index (κ3) is 5.27. The Labute approximate surface area is 144 Å². The summed E-state index contributed by atoms with van der Waals surface area (Å²) >= 11 is 1.71. The van der Waals surface area contributed by atoms with Gasteiger partial charge >= 0.3 is 0 Å². The van der Waals surface area contributed by atoms with Gasteiger partial charge in [0.2, 0.25) is 0 Å². The minimum atomic E-state index is -0.435. The third-order valence-corrected chi connectivity index (χ3v) is 3.94. The molecule has 0 heterocycles. The number of non-ortho nitro benzene ring substituents is 1. The van der Waals surface area contributed by atoms with Crippen LogP contribution in [-0.4, -0.2) is 30.2 Å². The Kier molecular flexibility index (Phi) is 6.62. The van der Waals surface area contributed by atoms with Crippen molar-refractivity contribution in [2.45, 2.75) is 5.75 Å². The Morgan fingerprint density at radius 1 is 1.17 bits per heavy atom. The molecule has 2 aromatic carbocycles. The van der Waals surface area contributed by atoms with Crippen molar-refractivity contribution in [1.82, 2.24) is 5.32 Å². The molecule has 0 aliphatic carbocycles. The minimum absolute atomic E-state index is 0.0546. The summed E-state index contributed by atoms with van der Waals surface area (Å²) in [7, 11) is 0. The Morgan fingerprint density at radius 2 is 1.92 bits per heavy atom. The van der Waals surface area contributed by atoms with E-state index in [9.17, 15) is 14.9 Å². The predicted molar refractivity (Wildman–Crippen MR) is 97.6 cm³/mol. The smallest absolute Gasteiger partial charge is 0.269 e. The average molecular weight is 345 g/mol. The maximum atomic E-state index is 12.1. The largest absolute Gasteiger partial charge is 0.383 e. The molecule has 0 aliphatic rings. The van der Waals surface area contributed by atoms with E-state index in [1.54, 1.807) is 30.0 Å². The molecule has 0 fully saturated rings. The molecule has 0 unspecified atom stereocenters. The first-order valence-electron chi connectivity index (χ1n) is 7.44. The molecule has 0 aromatic heterocycles. The highest BCUT2D eigenvalue weighted by Crippen LogP contribution is 2.15. The van der Waals surface area contributed by atoms with Gasteiger partial charge in [0.1, 0.15) is 0 Å². The number of nitro groups is 1. The average Bonchev–Trinajstić information content (AvgIpc) is 2.59. The van der Waals surface area contributed by atoms with Crippen LogP contribution >= 0.6 is 11.8 Å². The number of nitrogens with one attached hydrogen (secondary N) is 2. The van der Waals surface area contributed by atoms with E-state index < -0.39 is 4.92 Å². The van der Waals surface area contributed by atoms with Crippen molar-refractivity contribution in [3.05, 3.63) is 69.8 Å². The van der Waals surface area contributed by atoms with Crippen LogP contribution < -0.4 is 10.6 Å². The van der Waals surface area contributed by atoms with Crippen molar-refractivity contribution in [3.8, 4) is 0 Å². The first kappa shape index (κ1) is 17.8. The number of thioether (sulfide) groups is 1. The molecule has 7 heteroatoms. The third-order valence-electron chi connectivity index (χ3n) is 3.32. The predicted octanol–water partition coefficient (Wildman–Crippen LogP) is 3.30. The number of carbonyl (C=O) groups is 1. The molecule has 0 spiro atoms. The van der Waals surface area contributed by atoms with E-state index in [4.69, 9.17) is 0 Å². The van der Waals surface area contributed by atoms with Crippen LogP contribution in [0.5, 0.6) is 0 Å². The van der Waals surface area contributed by atoms with Crippen molar-refractivity contribution in [2.24, 2.45) is 0 Å². The highest BCUT2D eigenvalue weighted by Gasteiger charge is 2.06. The number of hydrogen-bond acceptors (Lipinski definition) is 5. The number of hydrogen-bond donors (Lipinski definition) is 2. The second-order valence-electron chi connectivity index (χ2n) is 5.12. The molecule has 0 atom stereocenters. The van der Waals surface area contributed by atoms with Gasteiger partial charge in [0, 0.05) is 42.2 Å². The van der Waals surface area contributed by atoms with Crippen molar-refractivity contribution in [3.63, 3.8) is 0 Å². The monoisotopic (exact) mass is 345 g/mol. The first-order chi connectivity index (χ1) is 11.6. The number of nitro benzene ring substituents is 1. The van der Waals surface area contributed by atoms with Crippen LogP contribution in [0.15, 0.2) is 48.5 Å². The molecular weight excluding hydrogens is 326 g/mol. The van der Waals surface area contributed by atoms with Crippen molar-refractivity contribution >= 4 is 29.0 Å². The molecule has 2 aromatic rings. The summed E-state index contributed by atoms with van der Waals surface area (Å²) in [5.74, 6) is 0.770. The van der Waals surface area contributed by atoms with Gasteiger partial charge in [0.05, 0.1) is 4.92 Å². The molecular formula is C17H19N3O3S. The summed E-state index contributed by atoms with van der Waals surface area (Å²) < 4.78 is 0. The fraction of sp³-hybridized carbons (Fsp3) is 0.235. The van der Waals surface area contributed by atoms with Crippen LogP contribution in [-0.2, 0) is 5.75 Å². The van der Waals surface area contributed by atoms with Gasteiger partial charge in [0.15, 0.2) is 0 Å². The SMILES string of the molecule is CSCc1cccc(C(=O)NCCNc2ccc([N+](=O)[O-])cc2)c1. The van der Waals surface area contributed by atoms with E-state index in [1.165, 1.54) is 12.1 Å². The van der Waals surface area contributed by atoms with E-state index >= 15 is 0 Å².